The molecular weight excluding hydrogens is 581 g/mol. The van der Waals surface area contributed by atoms with Crippen molar-refractivity contribution in [1.82, 2.24) is 9.47 Å². The van der Waals surface area contributed by atoms with Gasteiger partial charge in [-0.1, -0.05) is 48.0 Å². The van der Waals surface area contributed by atoms with Crippen LogP contribution in [0.25, 0.3) is 17.0 Å². The molecule has 0 spiro atoms. The van der Waals surface area contributed by atoms with Crippen LogP contribution in [0.5, 0.6) is 0 Å². The number of rotatable bonds is 6. The average Bonchev–Trinajstić information content (AvgIpc) is 3.35. The van der Waals surface area contributed by atoms with Crippen LogP contribution in [-0.4, -0.2) is 33.1 Å². The molecule has 10 heteroatoms. The number of fused-ring (bicyclic) bond motifs is 1. The van der Waals surface area contributed by atoms with Crippen molar-refractivity contribution >= 4 is 79.0 Å². The van der Waals surface area contributed by atoms with Crippen LogP contribution < -0.4 is 5.32 Å². The second-order valence-corrected chi connectivity index (χ2v) is 10.5. The van der Waals surface area contributed by atoms with E-state index < -0.39 is 23.6 Å². The van der Waals surface area contributed by atoms with Gasteiger partial charge >= 0.3 is 0 Å². The van der Waals surface area contributed by atoms with Gasteiger partial charge in [0.1, 0.15) is 12.4 Å². The van der Waals surface area contributed by atoms with Gasteiger partial charge in [0, 0.05) is 38.4 Å². The number of aromatic nitrogens is 1. The Kier molecular flexibility index (Phi) is 7.19. The molecule has 186 valence electrons. The molecule has 1 aliphatic heterocycles. The molecule has 0 bridgehead atoms. The Morgan fingerprint density at radius 3 is 2.62 bits per heavy atom. The normalized spacial score (nSPS) is 14.7. The topological polar surface area (TPSA) is 71.4 Å². The number of para-hydroxylation sites is 1. The number of hydrogen-bond acceptors (Lipinski definition) is 4. The molecule has 3 aromatic carbocycles. The molecule has 0 radical (unpaired) electrons. The zero-order valence-electron chi connectivity index (χ0n) is 19.1. The van der Waals surface area contributed by atoms with Crippen molar-refractivity contribution in [3.8, 4) is 0 Å². The Balaban J connectivity index is 1.37. The third-order valence-electron chi connectivity index (χ3n) is 5.78. The lowest BCUT2D eigenvalue weighted by Crippen LogP contribution is -2.36. The summed E-state index contributed by atoms with van der Waals surface area (Å²) in [7, 11) is 0. The summed E-state index contributed by atoms with van der Waals surface area (Å²) in [6.45, 7) is -0.118. The molecule has 1 fully saturated rings. The maximum atomic E-state index is 14.3. The van der Waals surface area contributed by atoms with Crippen molar-refractivity contribution in [2.75, 3.05) is 11.9 Å². The zero-order valence-corrected chi connectivity index (χ0v) is 22.2. The minimum Gasteiger partial charge on any atom is -0.342 e. The summed E-state index contributed by atoms with van der Waals surface area (Å²) < 4.78 is 16.9. The van der Waals surface area contributed by atoms with E-state index in [9.17, 15) is 18.8 Å². The standard InChI is InChI=1S/C27H18BrClFN3O3S/c28-20-10-9-18(12-21(20)29)31-25(34)15-33-26(35)24(37-27(33)36)11-17-14-32(23-8-4-2-6-19(17)23)13-16-5-1-3-7-22(16)30/h1-12,14H,13,15H2,(H,31,34)/b24-11-. The summed E-state index contributed by atoms with van der Waals surface area (Å²) in [6, 6.07) is 19.0. The maximum Gasteiger partial charge on any atom is 0.294 e. The number of carbonyl (C=O) groups excluding carboxylic acids is 3. The number of benzene rings is 3. The summed E-state index contributed by atoms with van der Waals surface area (Å²) in [6.07, 6.45) is 3.46. The van der Waals surface area contributed by atoms with Crippen molar-refractivity contribution in [3.05, 3.63) is 104 Å². The predicted molar refractivity (Wildman–Crippen MR) is 148 cm³/mol. The minimum absolute atomic E-state index is 0.207. The Morgan fingerprint density at radius 1 is 1.08 bits per heavy atom. The van der Waals surface area contributed by atoms with Crippen LogP contribution in [0.4, 0.5) is 14.9 Å². The summed E-state index contributed by atoms with van der Waals surface area (Å²) >= 11 is 10.1. The van der Waals surface area contributed by atoms with Gasteiger partial charge in [-0.25, -0.2) is 4.39 Å². The van der Waals surface area contributed by atoms with Crippen molar-refractivity contribution in [1.29, 1.82) is 0 Å². The molecule has 3 amide bonds. The molecule has 1 aliphatic rings. The summed E-state index contributed by atoms with van der Waals surface area (Å²) in [5.74, 6) is -1.38. The first-order valence-corrected chi connectivity index (χ1v) is 13.1. The fourth-order valence-electron chi connectivity index (χ4n) is 4.03. The molecule has 0 saturated carbocycles. The number of carbonyl (C=O) groups is 3. The number of halogens is 3. The van der Waals surface area contributed by atoms with Gasteiger partial charge in [0.25, 0.3) is 11.1 Å². The van der Waals surface area contributed by atoms with Crippen LogP contribution in [0.1, 0.15) is 11.1 Å². The molecule has 5 rings (SSSR count). The van der Waals surface area contributed by atoms with E-state index >= 15 is 0 Å². The van der Waals surface area contributed by atoms with E-state index in [-0.39, 0.29) is 10.7 Å². The molecule has 0 unspecified atom stereocenters. The van der Waals surface area contributed by atoms with Crippen molar-refractivity contribution in [3.63, 3.8) is 0 Å². The Hall–Kier alpha value is -3.40. The van der Waals surface area contributed by atoms with E-state index in [2.05, 4.69) is 21.2 Å². The van der Waals surface area contributed by atoms with Gasteiger partial charge in [-0.05, 0) is 64.1 Å². The fraction of sp³-hybridized carbons (Fsp3) is 0.0741. The number of amides is 3. The maximum absolute atomic E-state index is 14.3. The van der Waals surface area contributed by atoms with E-state index in [0.29, 0.717) is 32.9 Å². The predicted octanol–water partition coefficient (Wildman–Crippen LogP) is 6.92. The molecular formula is C27H18BrClFN3O3S. The monoisotopic (exact) mass is 597 g/mol. The lowest BCUT2D eigenvalue weighted by molar-refractivity contribution is -0.127. The summed E-state index contributed by atoms with van der Waals surface area (Å²) in [5, 5.41) is 3.39. The summed E-state index contributed by atoms with van der Waals surface area (Å²) in [4.78, 5) is 39.3. The molecule has 1 saturated heterocycles. The molecule has 1 aromatic heterocycles. The molecule has 4 aromatic rings. The van der Waals surface area contributed by atoms with Crippen LogP contribution in [0.3, 0.4) is 0 Å². The lowest BCUT2D eigenvalue weighted by Gasteiger charge is -2.12. The highest BCUT2D eigenvalue weighted by atomic mass is 79.9. The van der Waals surface area contributed by atoms with E-state index in [1.54, 1.807) is 42.5 Å². The highest BCUT2D eigenvalue weighted by Gasteiger charge is 2.36. The highest BCUT2D eigenvalue weighted by Crippen LogP contribution is 2.34. The van der Waals surface area contributed by atoms with E-state index in [1.165, 1.54) is 6.07 Å². The van der Waals surface area contributed by atoms with Crippen molar-refractivity contribution < 1.29 is 18.8 Å². The van der Waals surface area contributed by atoms with Gasteiger partial charge in [0.05, 0.1) is 16.5 Å². The second-order valence-electron chi connectivity index (χ2n) is 8.27. The average molecular weight is 599 g/mol. The molecule has 2 heterocycles. The zero-order chi connectivity index (χ0) is 26.1. The molecule has 0 aliphatic carbocycles. The van der Waals surface area contributed by atoms with Gasteiger partial charge < -0.3 is 9.88 Å². The van der Waals surface area contributed by atoms with Gasteiger partial charge in [0.2, 0.25) is 5.91 Å². The first kappa shape index (κ1) is 25.3. The number of nitrogens with one attached hydrogen (secondary N) is 1. The third-order valence-corrected chi connectivity index (χ3v) is 7.92. The Labute approximate surface area is 229 Å². The van der Waals surface area contributed by atoms with E-state index in [4.69, 9.17) is 11.6 Å². The molecule has 1 N–H and O–H groups in total. The van der Waals surface area contributed by atoms with E-state index in [1.807, 2.05) is 35.0 Å². The van der Waals surface area contributed by atoms with Gasteiger partial charge in [-0.3, -0.25) is 19.3 Å². The Morgan fingerprint density at radius 2 is 1.84 bits per heavy atom. The van der Waals surface area contributed by atoms with Gasteiger partial charge in [-0.15, -0.1) is 0 Å². The van der Waals surface area contributed by atoms with Crippen LogP contribution >= 0.6 is 39.3 Å². The van der Waals surface area contributed by atoms with Crippen LogP contribution in [0.2, 0.25) is 5.02 Å². The number of imide groups is 1. The van der Waals surface area contributed by atoms with Crippen LogP contribution in [0, 0.1) is 5.82 Å². The van der Waals surface area contributed by atoms with Gasteiger partial charge in [-0.2, -0.15) is 0 Å². The number of hydrogen-bond donors (Lipinski definition) is 1. The third kappa shape index (κ3) is 5.34. The van der Waals surface area contributed by atoms with Crippen molar-refractivity contribution in [2.45, 2.75) is 6.54 Å². The number of nitrogens with zero attached hydrogens (tertiary/aromatic N) is 2. The van der Waals surface area contributed by atoms with E-state index in [0.717, 1.165) is 27.6 Å². The lowest BCUT2D eigenvalue weighted by atomic mass is 10.1. The fourth-order valence-corrected chi connectivity index (χ4v) is 5.28. The van der Waals surface area contributed by atoms with Crippen LogP contribution in [-0.2, 0) is 16.1 Å². The molecule has 6 nitrogen and oxygen atoms in total. The first-order valence-electron chi connectivity index (χ1n) is 11.1. The first-order chi connectivity index (χ1) is 17.8. The number of anilines is 1. The quantitative estimate of drug-likeness (QED) is 0.245. The largest absolute Gasteiger partial charge is 0.342 e. The van der Waals surface area contributed by atoms with Crippen molar-refractivity contribution in [2.24, 2.45) is 0 Å². The summed E-state index contributed by atoms with van der Waals surface area (Å²) in [5.41, 5.74) is 2.56. The van der Waals surface area contributed by atoms with Gasteiger partial charge in [0.15, 0.2) is 0 Å². The minimum atomic E-state index is -0.551. The SMILES string of the molecule is O=C(CN1C(=O)S/C(=C\c2cn(Cc3ccccc3F)c3ccccc23)C1=O)Nc1ccc(Br)c(Cl)c1. The molecule has 37 heavy (non-hydrogen) atoms. The molecule has 0 atom stereocenters. The second kappa shape index (κ2) is 10.5. The number of thioether (sulfide) groups is 1. The highest BCUT2D eigenvalue weighted by molar-refractivity contribution is 9.10. The smallest absolute Gasteiger partial charge is 0.294 e. The Bertz CT molecular complexity index is 1600. The van der Waals surface area contributed by atoms with Crippen LogP contribution in [0.15, 0.2) is 82.3 Å².